The molecule has 5 nitrogen and oxygen atoms in total. The van der Waals surface area contributed by atoms with Crippen molar-refractivity contribution in [2.75, 3.05) is 24.3 Å². The van der Waals surface area contributed by atoms with E-state index in [2.05, 4.69) is 9.98 Å². The molecule has 0 bridgehead atoms. The van der Waals surface area contributed by atoms with Crippen molar-refractivity contribution in [2.24, 2.45) is 4.99 Å². The zero-order valence-corrected chi connectivity index (χ0v) is 15.8. The van der Waals surface area contributed by atoms with Crippen molar-refractivity contribution < 1.29 is 9.53 Å². The van der Waals surface area contributed by atoms with Gasteiger partial charge in [0.2, 0.25) is 5.91 Å². The third kappa shape index (κ3) is 3.93. The van der Waals surface area contributed by atoms with Gasteiger partial charge in [-0.25, -0.2) is 4.98 Å². The van der Waals surface area contributed by atoms with Crippen LogP contribution in [0.4, 0.5) is 10.8 Å². The van der Waals surface area contributed by atoms with Gasteiger partial charge in [0.25, 0.3) is 0 Å². The molecule has 1 amide bonds. The van der Waals surface area contributed by atoms with Gasteiger partial charge in [-0.2, -0.15) is 0 Å². The van der Waals surface area contributed by atoms with Crippen LogP contribution in [0.3, 0.4) is 0 Å². The Labute approximate surface area is 153 Å². The third-order valence-corrected chi connectivity index (χ3v) is 6.43. The van der Waals surface area contributed by atoms with Crippen molar-refractivity contribution in [1.82, 2.24) is 4.98 Å². The van der Waals surface area contributed by atoms with Crippen LogP contribution in [0.15, 0.2) is 34.6 Å². The Morgan fingerprint density at radius 3 is 2.96 bits per heavy atom. The molecule has 3 rings (SSSR count). The predicted octanol–water partition coefficient (Wildman–Crippen LogP) is 4.17. The van der Waals surface area contributed by atoms with E-state index in [-0.39, 0.29) is 5.91 Å². The molecule has 24 heavy (non-hydrogen) atoms. The van der Waals surface area contributed by atoms with Crippen LogP contribution in [0.25, 0.3) is 0 Å². The molecule has 0 N–H and O–H groups in total. The number of hydrogen-bond donors (Lipinski definition) is 0. The summed E-state index contributed by atoms with van der Waals surface area (Å²) in [5, 5.41) is 2.65. The summed E-state index contributed by atoms with van der Waals surface area (Å²) in [5.74, 6) is 2.38. The Bertz CT molecular complexity index is 761. The fourth-order valence-corrected chi connectivity index (χ4v) is 5.11. The Balaban J connectivity index is 1.80. The maximum Gasteiger partial charge on any atom is 0.230 e. The molecule has 0 saturated carbocycles. The van der Waals surface area contributed by atoms with Gasteiger partial charge in [-0.3, -0.25) is 14.7 Å². The summed E-state index contributed by atoms with van der Waals surface area (Å²) in [6.45, 7) is 2.44. The quantitative estimate of drug-likeness (QED) is 0.780. The number of methoxy groups -OCH3 is 1. The number of amides is 1. The number of aliphatic imine (C=N–C) groups is 1. The molecular weight excluding hydrogens is 362 g/mol. The molecule has 1 aliphatic rings. The Morgan fingerprint density at radius 2 is 2.25 bits per heavy atom. The second kappa shape index (κ2) is 8.04. The van der Waals surface area contributed by atoms with E-state index in [1.54, 1.807) is 35.5 Å². The summed E-state index contributed by atoms with van der Waals surface area (Å²) in [5.41, 5.74) is 1.66. The van der Waals surface area contributed by atoms with Crippen molar-refractivity contribution in [3.8, 4) is 5.75 Å². The van der Waals surface area contributed by atoms with E-state index < -0.39 is 0 Å². The van der Waals surface area contributed by atoms with Gasteiger partial charge in [0.1, 0.15) is 10.1 Å². The summed E-state index contributed by atoms with van der Waals surface area (Å²) < 4.78 is 6.50. The minimum Gasteiger partial charge on any atom is -0.495 e. The number of thiazole rings is 1. The molecule has 1 aromatic heterocycles. The average molecular weight is 380 g/mol. The van der Waals surface area contributed by atoms with E-state index >= 15 is 0 Å². The van der Waals surface area contributed by atoms with Crippen molar-refractivity contribution in [3.05, 3.63) is 35.3 Å². The normalized spacial score (nSPS) is 13.7. The fraction of sp³-hybridized carbons (Fsp3) is 0.312. The molecule has 0 spiro atoms. The second-order valence-electron chi connectivity index (χ2n) is 4.93. The van der Waals surface area contributed by atoms with Crippen LogP contribution in [0.1, 0.15) is 12.6 Å². The van der Waals surface area contributed by atoms with Crippen molar-refractivity contribution >= 4 is 56.0 Å². The van der Waals surface area contributed by atoms with Crippen LogP contribution in [0, 0.1) is 0 Å². The number of hydrogen-bond acceptors (Lipinski definition) is 7. The molecule has 0 unspecified atom stereocenters. The van der Waals surface area contributed by atoms with Gasteiger partial charge in [0.15, 0.2) is 5.13 Å². The molecule has 0 radical (unpaired) electrons. The van der Waals surface area contributed by atoms with Gasteiger partial charge in [0.05, 0.1) is 25.0 Å². The van der Waals surface area contributed by atoms with E-state index in [1.807, 2.05) is 29.6 Å². The molecular formula is C16H17N3O2S3. The average Bonchev–Trinajstić information content (AvgIpc) is 3.25. The standard InChI is InChI=1S/C16H17N3O2S3/c1-11(20)19(13-5-3-4-6-14(13)21-2)15-18-12(9-23-15)10-24-16-17-7-8-22-16/h3-6,9H,7-8,10H2,1-2H3. The summed E-state index contributed by atoms with van der Waals surface area (Å²) in [7, 11) is 1.60. The number of rotatable bonds is 5. The topological polar surface area (TPSA) is 54.8 Å². The maximum atomic E-state index is 12.2. The number of aromatic nitrogens is 1. The lowest BCUT2D eigenvalue weighted by Crippen LogP contribution is -2.23. The zero-order chi connectivity index (χ0) is 16.9. The SMILES string of the molecule is COc1ccccc1N(C(C)=O)c1nc(CSC2=NCCS2)cs1. The summed E-state index contributed by atoms with van der Waals surface area (Å²) >= 11 is 4.95. The van der Waals surface area contributed by atoms with Crippen LogP contribution in [-0.4, -0.2) is 34.7 Å². The third-order valence-electron chi connectivity index (χ3n) is 3.27. The first-order valence-electron chi connectivity index (χ1n) is 7.37. The molecule has 2 heterocycles. The Kier molecular flexibility index (Phi) is 5.80. The van der Waals surface area contributed by atoms with Crippen molar-refractivity contribution in [3.63, 3.8) is 0 Å². The van der Waals surface area contributed by atoms with Crippen LogP contribution < -0.4 is 9.64 Å². The number of thioether (sulfide) groups is 2. The fourth-order valence-electron chi connectivity index (χ4n) is 2.23. The molecule has 0 fully saturated rings. The monoisotopic (exact) mass is 379 g/mol. The lowest BCUT2D eigenvalue weighted by atomic mass is 10.2. The highest BCUT2D eigenvalue weighted by molar-refractivity contribution is 8.38. The summed E-state index contributed by atoms with van der Waals surface area (Å²) in [4.78, 5) is 22.9. The van der Waals surface area contributed by atoms with Crippen molar-refractivity contribution in [2.45, 2.75) is 12.7 Å². The molecule has 1 aromatic carbocycles. The van der Waals surface area contributed by atoms with E-state index in [0.717, 1.165) is 28.1 Å². The molecule has 0 atom stereocenters. The van der Waals surface area contributed by atoms with Gasteiger partial charge in [-0.1, -0.05) is 35.7 Å². The largest absolute Gasteiger partial charge is 0.495 e. The predicted molar refractivity (Wildman–Crippen MR) is 104 cm³/mol. The zero-order valence-electron chi connectivity index (χ0n) is 13.4. The molecule has 1 aliphatic heterocycles. The first-order chi connectivity index (χ1) is 11.7. The van der Waals surface area contributed by atoms with E-state index in [1.165, 1.54) is 18.3 Å². The number of benzene rings is 1. The lowest BCUT2D eigenvalue weighted by Gasteiger charge is -2.20. The number of para-hydroxylation sites is 2. The number of carbonyl (C=O) groups is 1. The van der Waals surface area contributed by atoms with Crippen molar-refractivity contribution in [1.29, 1.82) is 0 Å². The van der Waals surface area contributed by atoms with Gasteiger partial charge >= 0.3 is 0 Å². The summed E-state index contributed by atoms with van der Waals surface area (Å²) in [6.07, 6.45) is 0. The van der Waals surface area contributed by atoms with Gasteiger partial charge in [-0.15, -0.1) is 11.3 Å². The van der Waals surface area contributed by atoms with E-state index in [4.69, 9.17) is 4.74 Å². The number of anilines is 2. The number of carbonyl (C=O) groups excluding carboxylic acids is 1. The van der Waals surface area contributed by atoms with E-state index in [0.29, 0.717) is 16.6 Å². The first kappa shape index (κ1) is 17.3. The number of ether oxygens (including phenoxy) is 1. The summed E-state index contributed by atoms with van der Waals surface area (Å²) in [6, 6.07) is 7.46. The Hall–Kier alpha value is -1.51. The van der Waals surface area contributed by atoms with Gasteiger partial charge in [-0.05, 0) is 12.1 Å². The Morgan fingerprint density at radius 1 is 1.42 bits per heavy atom. The minimum atomic E-state index is -0.0937. The maximum absolute atomic E-state index is 12.2. The first-order valence-corrected chi connectivity index (χ1v) is 10.2. The highest BCUT2D eigenvalue weighted by atomic mass is 32.2. The molecule has 0 aliphatic carbocycles. The van der Waals surface area contributed by atoms with Gasteiger partial charge < -0.3 is 4.74 Å². The second-order valence-corrected chi connectivity index (χ2v) is 8.08. The highest BCUT2D eigenvalue weighted by Crippen LogP contribution is 2.36. The highest BCUT2D eigenvalue weighted by Gasteiger charge is 2.21. The van der Waals surface area contributed by atoms with Gasteiger partial charge in [0, 0.05) is 23.8 Å². The van der Waals surface area contributed by atoms with Crippen LogP contribution >= 0.6 is 34.9 Å². The molecule has 8 heteroatoms. The van der Waals surface area contributed by atoms with Crippen LogP contribution in [0.5, 0.6) is 5.75 Å². The molecule has 2 aromatic rings. The minimum absolute atomic E-state index is 0.0937. The number of nitrogens with zero attached hydrogens (tertiary/aromatic N) is 3. The van der Waals surface area contributed by atoms with E-state index in [9.17, 15) is 4.79 Å². The lowest BCUT2D eigenvalue weighted by molar-refractivity contribution is -0.115. The van der Waals surface area contributed by atoms with Crippen LogP contribution in [-0.2, 0) is 10.5 Å². The smallest absolute Gasteiger partial charge is 0.230 e. The molecule has 0 saturated heterocycles. The molecule has 126 valence electrons. The van der Waals surface area contributed by atoms with Crippen LogP contribution in [0.2, 0.25) is 0 Å².